The number of aromatic nitrogens is 2. The Morgan fingerprint density at radius 3 is 2.88 bits per heavy atom. The van der Waals surface area contributed by atoms with E-state index in [1.165, 1.54) is 12.3 Å². The van der Waals surface area contributed by atoms with Crippen LogP contribution in [0.25, 0.3) is 11.3 Å². The molecule has 0 aliphatic rings. The highest BCUT2D eigenvalue weighted by Crippen LogP contribution is 2.25. The molecule has 2 heterocycles. The molecule has 0 fully saturated rings. The van der Waals surface area contributed by atoms with Crippen molar-refractivity contribution in [2.45, 2.75) is 6.92 Å². The van der Waals surface area contributed by atoms with E-state index in [2.05, 4.69) is 9.97 Å². The van der Waals surface area contributed by atoms with E-state index < -0.39 is 5.82 Å². The van der Waals surface area contributed by atoms with Gasteiger partial charge in [-0.05, 0) is 19.1 Å². The molecule has 0 aliphatic carbocycles. The first-order valence-electron chi connectivity index (χ1n) is 5.00. The van der Waals surface area contributed by atoms with Crippen LogP contribution in [0.3, 0.4) is 0 Å². The molecule has 0 amide bonds. The van der Waals surface area contributed by atoms with Gasteiger partial charge in [-0.25, -0.2) is 4.39 Å². The second-order valence-electron chi connectivity index (χ2n) is 3.15. The second-order valence-corrected chi connectivity index (χ2v) is 3.15. The molecule has 2 aromatic heterocycles. The van der Waals surface area contributed by atoms with Crippen LogP contribution in [0, 0.1) is 5.82 Å². The number of rotatable bonds is 3. The fourth-order valence-corrected chi connectivity index (χ4v) is 1.40. The fraction of sp³-hybridized carbons (Fsp3) is 0.167. The van der Waals surface area contributed by atoms with E-state index in [-0.39, 0.29) is 11.4 Å². The Morgan fingerprint density at radius 2 is 2.19 bits per heavy atom. The highest BCUT2D eigenvalue weighted by atomic mass is 19.1. The van der Waals surface area contributed by atoms with E-state index in [1.54, 1.807) is 24.5 Å². The first kappa shape index (κ1) is 10.5. The van der Waals surface area contributed by atoms with E-state index in [9.17, 15) is 4.39 Å². The molecule has 0 radical (unpaired) electrons. The smallest absolute Gasteiger partial charge is 0.191 e. The van der Waals surface area contributed by atoms with Gasteiger partial charge < -0.3 is 4.74 Å². The molecule has 82 valence electrons. The van der Waals surface area contributed by atoms with Crippen LogP contribution in [0.4, 0.5) is 4.39 Å². The van der Waals surface area contributed by atoms with Gasteiger partial charge in [0.2, 0.25) is 0 Å². The minimum Gasteiger partial charge on any atom is -0.491 e. The lowest BCUT2D eigenvalue weighted by molar-refractivity contribution is 0.321. The van der Waals surface area contributed by atoms with Crippen molar-refractivity contribution in [2.75, 3.05) is 6.61 Å². The number of nitrogens with zero attached hydrogens (tertiary/aromatic N) is 2. The Balaban J connectivity index is 2.46. The zero-order chi connectivity index (χ0) is 11.4. The predicted octanol–water partition coefficient (Wildman–Crippen LogP) is 2.68. The third-order valence-electron chi connectivity index (χ3n) is 2.09. The number of halogens is 1. The second kappa shape index (κ2) is 4.70. The summed E-state index contributed by atoms with van der Waals surface area (Å²) in [5, 5.41) is 0. The van der Waals surface area contributed by atoms with Crippen LogP contribution in [0.1, 0.15) is 6.92 Å². The Kier molecular flexibility index (Phi) is 3.10. The summed E-state index contributed by atoms with van der Waals surface area (Å²) in [6, 6.07) is 5.01. The number of hydrogen-bond acceptors (Lipinski definition) is 3. The summed E-state index contributed by atoms with van der Waals surface area (Å²) in [7, 11) is 0. The number of ether oxygens (including phenoxy) is 1. The summed E-state index contributed by atoms with van der Waals surface area (Å²) in [4.78, 5) is 7.93. The van der Waals surface area contributed by atoms with E-state index >= 15 is 0 Å². The van der Waals surface area contributed by atoms with Crippen molar-refractivity contribution in [3.63, 3.8) is 0 Å². The quantitative estimate of drug-likeness (QED) is 0.794. The van der Waals surface area contributed by atoms with Crippen molar-refractivity contribution in [3.05, 3.63) is 42.6 Å². The van der Waals surface area contributed by atoms with Gasteiger partial charge in [-0.1, -0.05) is 0 Å². The average Bonchev–Trinajstić information content (AvgIpc) is 2.33. The van der Waals surface area contributed by atoms with Gasteiger partial charge in [0.15, 0.2) is 11.6 Å². The van der Waals surface area contributed by atoms with Crippen molar-refractivity contribution in [3.8, 4) is 17.0 Å². The molecule has 2 aromatic rings. The first-order valence-corrected chi connectivity index (χ1v) is 5.00. The monoisotopic (exact) mass is 218 g/mol. The molecule has 0 atom stereocenters. The van der Waals surface area contributed by atoms with E-state index in [1.807, 2.05) is 6.92 Å². The van der Waals surface area contributed by atoms with Crippen molar-refractivity contribution >= 4 is 0 Å². The van der Waals surface area contributed by atoms with Crippen molar-refractivity contribution < 1.29 is 9.13 Å². The lowest BCUT2D eigenvalue weighted by Crippen LogP contribution is -1.98. The largest absolute Gasteiger partial charge is 0.491 e. The van der Waals surface area contributed by atoms with Gasteiger partial charge in [-0.2, -0.15) is 0 Å². The highest BCUT2D eigenvalue weighted by Gasteiger charge is 2.11. The summed E-state index contributed by atoms with van der Waals surface area (Å²) in [6.45, 7) is 2.23. The molecule has 0 bridgehead atoms. The molecule has 4 heteroatoms. The molecule has 0 aromatic carbocycles. The first-order chi connectivity index (χ1) is 7.83. The third kappa shape index (κ3) is 2.00. The summed E-state index contributed by atoms with van der Waals surface area (Å²) in [6.07, 6.45) is 4.73. The van der Waals surface area contributed by atoms with Gasteiger partial charge >= 0.3 is 0 Å². The van der Waals surface area contributed by atoms with Gasteiger partial charge in [-0.3, -0.25) is 9.97 Å². The Hall–Kier alpha value is -1.97. The topological polar surface area (TPSA) is 35.0 Å². The van der Waals surface area contributed by atoms with Crippen LogP contribution in [0.2, 0.25) is 0 Å². The standard InChI is InChI=1S/C12H11FN2O/c1-2-16-10-5-7-15-12(11(10)13)9-4-3-6-14-8-9/h3-8H,2H2,1H3. The molecule has 0 saturated carbocycles. The van der Waals surface area contributed by atoms with Gasteiger partial charge in [0.1, 0.15) is 5.69 Å². The van der Waals surface area contributed by atoms with Crippen molar-refractivity contribution in [1.82, 2.24) is 9.97 Å². The zero-order valence-corrected chi connectivity index (χ0v) is 8.85. The lowest BCUT2D eigenvalue weighted by Gasteiger charge is -2.07. The summed E-state index contributed by atoms with van der Waals surface area (Å²) in [5.41, 5.74) is 0.903. The van der Waals surface area contributed by atoms with Crippen LogP contribution in [0.15, 0.2) is 36.8 Å². The molecule has 0 N–H and O–H groups in total. The third-order valence-corrected chi connectivity index (χ3v) is 2.09. The molecule has 0 aliphatic heterocycles. The van der Waals surface area contributed by atoms with E-state index in [0.717, 1.165) is 0 Å². The minimum absolute atomic E-state index is 0.219. The lowest BCUT2D eigenvalue weighted by atomic mass is 10.2. The van der Waals surface area contributed by atoms with Gasteiger partial charge in [0.25, 0.3) is 0 Å². The Bertz CT molecular complexity index is 474. The Morgan fingerprint density at radius 1 is 1.31 bits per heavy atom. The van der Waals surface area contributed by atoms with E-state index in [4.69, 9.17) is 4.74 Å². The maximum Gasteiger partial charge on any atom is 0.191 e. The molecular formula is C12H11FN2O. The molecule has 16 heavy (non-hydrogen) atoms. The Labute approximate surface area is 92.9 Å². The zero-order valence-electron chi connectivity index (χ0n) is 8.85. The van der Waals surface area contributed by atoms with Crippen LogP contribution >= 0.6 is 0 Å². The maximum absolute atomic E-state index is 13.9. The molecule has 2 rings (SSSR count). The van der Waals surface area contributed by atoms with Crippen LogP contribution in [-0.2, 0) is 0 Å². The van der Waals surface area contributed by atoms with Crippen LogP contribution in [0.5, 0.6) is 5.75 Å². The number of pyridine rings is 2. The molecule has 3 nitrogen and oxygen atoms in total. The van der Waals surface area contributed by atoms with Crippen LogP contribution in [-0.4, -0.2) is 16.6 Å². The summed E-state index contributed by atoms with van der Waals surface area (Å²) in [5.74, 6) is -0.228. The average molecular weight is 218 g/mol. The summed E-state index contributed by atoms with van der Waals surface area (Å²) >= 11 is 0. The van der Waals surface area contributed by atoms with Crippen LogP contribution < -0.4 is 4.74 Å². The normalized spacial score (nSPS) is 10.1. The predicted molar refractivity (Wildman–Crippen MR) is 58.6 cm³/mol. The number of hydrogen-bond donors (Lipinski definition) is 0. The summed E-state index contributed by atoms with van der Waals surface area (Å²) < 4.78 is 19.1. The molecule has 0 saturated heterocycles. The SMILES string of the molecule is CCOc1ccnc(-c2cccnc2)c1F. The van der Waals surface area contributed by atoms with Crippen molar-refractivity contribution in [1.29, 1.82) is 0 Å². The molecule has 0 unspecified atom stereocenters. The fourth-order valence-electron chi connectivity index (χ4n) is 1.40. The van der Waals surface area contributed by atoms with Gasteiger partial charge in [0.05, 0.1) is 6.61 Å². The van der Waals surface area contributed by atoms with E-state index in [0.29, 0.717) is 12.2 Å². The molecule has 0 spiro atoms. The van der Waals surface area contributed by atoms with Crippen molar-refractivity contribution in [2.24, 2.45) is 0 Å². The maximum atomic E-state index is 13.9. The minimum atomic E-state index is -0.447. The van der Waals surface area contributed by atoms with Gasteiger partial charge in [0, 0.05) is 30.2 Å². The van der Waals surface area contributed by atoms with Gasteiger partial charge in [-0.15, -0.1) is 0 Å². The molecular weight excluding hydrogens is 207 g/mol. The highest BCUT2D eigenvalue weighted by molar-refractivity contribution is 5.60.